The van der Waals surface area contributed by atoms with Crippen molar-refractivity contribution < 1.29 is 4.79 Å². The summed E-state index contributed by atoms with van der Waals surface area (Å²) in [6, 6.07) is 0.200. The van der Waals surface area contributed by atoms with Crippen molar-refractivity contribution >= 4 is 17.7 Å². The number of nitrogens with zero attached hydrogens (tertiary/aromatic N) is 3. The van der Waals surface area contributed by atoms with Crippen molar-refractivity contribution in [3.05, 3.63) is 5.82 Å². The molecule has 0 radical (unpaired) electrons. The Labute approximate surface area is 99.0 Å². The molecule has 1 aromatic heterocycles. The van der Waals surface area contributed by atoms with Gasteiger partial charge in [-0.1, -0.05) is 18.7 Å². The fourth-order valence-electron chi connectivity index (χ4n) is 0.997. The van der Waals surface area contributed by atoms with E-state index in [-0.39, 0.29) is 11.9 Å². The number of aromatic nitrogens is 3. The van der Waals surface area contributed by atoms with Gasteiger partial charge >= 0.3 is 0 Å². The maximum atomic E-state index is 11.5. The molecule has 16 heavy (non-hydrogen) atoms. The fraction of sp³-hybridized carbons (Fsp3) is 0.667. The minimum Gasteiger partial charge on any atom is -0.353 e. The first-order valence-corrected chi connectivity index (χ1v) is 6.12. The number of carbonyl (C=O) groups excluding carboxylic acids is 1. The number of hydrogen-bond donors (Lipinski definition) is 2. The summed E-state index contributed by atoms with van der Waals surface area (Å²) in [6.45, 7) is 5.76. The fourth-order valence-corrected chi connectivity index (χ4v) is 1.71. The van der Waals surface area contributed by atoms with Gasteiger partial charge in [-0.25, -0.2) is 4.68 Å². The second-order valence-corrected chi connectivity index (χ2v) is 4.51. The number of rotatable bonds is 5. The third-order valence-electron chi connectivity index (χ3n) is 2.19. The van der Waals surface area contributed by atoms with Gasteiger partial charge < -0.3 is 11.2 Å². The van der Waals surface area contributed by atoms with E-state index < -0.39 is 0 Å². The number of nitrogen functional groups attached to an aromatic ring is 1. The van der Waals surface area contributed by atoms with Gasteiger partial charge in [-0.15, -0.1) is 10.2 Å². The molecule has 3 N–H and O–H groups in total. The van der Waals surface area contributed by atoms with Gasteiger partial charge in [0.05, 0.1) is 5.75 Å². The summed E-state index contributed by atoms with van der Waals surface area (Å²) in [4.78, 5) is 11.5. The van der Waals surface area contributed by atoms with E-state index >= 15 is 0 Å². The number of amides is 1. The molecule has 0 fully saturated rings. The van der Waals surface area contributed by atoms with Crippen molar-refractivity contribution in [1.29, 1.82) is 0 Å². The van der Waals surface area contributed by atoms with Crippen LogP contribution in [0.3, 0.4) is 0 Å². The number of nitrogens with two attached hydrogens (primary N) is 1. The third-order valence-corrected chi connectivity index (χ3v) is 3.13. The zero-order valence-corrected chi connectivity index (χ0v) is 10.5. The molecule has 1 amide bonds. The largest absolute Gasteiger partial charge is 0.353 e. The molecular weight excluding hydrogens is 226 g/mol. The van der Waals surface area contributed by atoms with E-state index in [0.29, 0.717) is 16.7 Å². The normalized spacial score (nSPS) is 12.4. The highest BCUT2D eigenvalue weighted by molar-refractivity contribution is 7.99. The van der Waals surface area contributed by atoms with Crippen molar-refractivity contribution in [2.45, 2.75) is 38.4 Å². The standard InChI is InChI=1S/C9H17N5OS/c1-4-6(2)11-8(15)5-16-9-13-12-7(3)14(9)10/h6H,4-5,10H2,1-3H3,(H,11,15)/t6-/m1/s1. The Balaban J connectivity index is 2.40. The van der Waals surface area contributed by atoms with Crippen LogP contribution in [0.4, 0.5) is 0 Å². The first-order valence-electron chi connectivity index (χ1n) is 5.13. The van der Waals surface area contributed by atoms with Gasteiger partial charge in [-0.05, 0) is 20.3 Å². The average molecular weight is 243 g/mol. The van der Waals surface area contributed by atoms with E-state index in [9.17, 15) is 4.79 Å². The van der Waals surface area contributed by atoms with Crippen LogP contribution in [0.25, 0.3) is 0 Å². The Hall–Kier alpha value is -1.24. The molecule has 1 aromatic rings. The predicted molar refractivity (Wildman–Crippen MR) is 63.5 cm³/mol. The molecule has 0 spiro atoms. The summed E-state index contributed by atoms with van der Waals surface area (Å²) in [5.41, 5.74) is 0. The van der Waals surface area contributed by atoms with E-state index in [2.05, 4.69) is 15.5 Å². The van der Waals surface area contributed by atoms with Crippen LogP contribution in [0.2, 0.25) is 0 Å². The zero-order chi connectivity index (χ0) is 12.1. The summed E-state index contributed by atoms with van der Waals surface area (Å²) in [5.74, 6) is 6.58. The summed E-state index contributed by atoms with van der Waals surface area (Å²) in [7, 11) is 0. The van der Waals surface area contributed by atoms with Crippen LogP contribution >= 0.6 is 11.8 Å². The van der Waals surface area contributed by atoms with Crippen molar-refractivity contribution in [3.63, 3.8) is 0 Å². The lowest BCUT2D eigenvalue weighted by molar-refractivity contribution is -0.119. The minimum absolute atomic E-state index is 0.0139. The first-order chi connectivity index (χ1) is 7.54. The highest BCUT2D eigenvalue weighted by Gasteiger charge is 2.10. The molecule has 0 aliphatic carbocycles. The Kier molecular flexibility index (Phi) is 4.60. The predicted octanol–water partition coefficient (Wildman–Crippen LogP) is 0.307. The summed E-state index contributed by atoms with van der Waals surface area (Å²) in [6.07, 6.45) is 0.919. The highest BCUT2D eigenvalue weighted by Crippen LogP contribution is 2.13. The molecular formula is C9H17N5OS. The molecule has 0 unspecified atom stereocenters. The van der Waals surface area contributed by atoms with E-state index in [1.165, 1.54) is 16.4 Å². The van der Waals surface area contributed by atoms with Crippen molar-refractivity contribution in [2.75, 3.05) is 11.6 Å². The van der Waals surface area contributed by atoms with Crippen LogP contribution in [0.5, 0.6) is 0 Å². The Morgan fingerprint density at radius 2 is 2.31 bits per heavy atom. The van der Waals surface area contributed by atoms with E-state index in [1.807, 2.05) is 13.8 Å². The maximum absolute atomic E-state index is 11.5. The van der Waals surface area contributed by atoms with Crippen LogP contribution in [-0.4, -0.2) is 32.6 Å². The Morgan fingerprint density at radius 1 is 1.62 bits per heavy atom. The maximum Gasteiger partial charge on any atom is 0.230 e. The SMILES string of the molecule is CC[C@@H](C)NC(=O)CSc1nnc(C)n1N. The molecule has 1 rings (SSSR count). The van der Waals surface area contributed by atoms with Crippen molar-refractivity contribution in [1.82, 2.24) is 20.2 Å². The molecule has 6 nitrogen and oxygen atoms in total. The van der Waals surface area contributed by atoms with E-state index in [1.54, 1.807) is 6.92 Å². The molecule has 90 valence electrons. The van der Waals surface area contributed by atoms with Gasteiger partial charge in [0.25, 0.3) is 0 Å². The van der Waals surface area contributed by atoms with Crippen LogP contribution in [-0.2, 0) is 4.79 Å². The smallest absolute Gasteiger partial charge is 0.230 e. The summed E-state index contributed by atoms with van der Waals surface area (Å²) in [5, 5.41) is 11.1. The molecule has 7 heteroatoms. The number of thioether (sulfide) groups is 1. The van der Waals surface area contributed by atoms with Gasteiger partial charge in [0.15, 0.2) is 0 Å². The second-order valence-electron chi connectivity index (χ2n) is 3.57. The van der Waals surface area contributed by atoms with Crippen LogP contribution in [0.15, 0.2) is 5.16 Å². The molecule has 1 heterocycles. The van der Waals surface area contributed by atoms with Crippen LogP contribution in [0.1, 0.15) is 26.1 Å². The lowest BCUT2D eigenvalue weighted by Crippen LogP contribution is -2.33. The van der Waals surface area contributed by atoms with Gasteiger partial charge in [0.2, 0.25) is 11.1 Å². The number of carbonyl (C=O) groups is 1. The highest BCUT2D eigenvalue weighted by atomic mass is 32.2. The Morgan fingerprint density at radius 3 is 2.81 bits per heavy atom. The van der Waals surface area contributed by atoms with Crippen molar-refractivity contribution in [3.8, 4) is 0 Å². The van der Waals surface area contributed by atoms with Crippen molar-refractivity contribution in [2.24, 2.45) is 0 Å². The molecule has 0 saturated carbocycles. The number of hydrogen-bond acceptors (Lipinski definition) is 5. The first kappa shape index (κ1) is 12.8. The molecule has 0 aromatic carbocycles. The number of nitrogens with one attached hydrogen (secondary N) is 1. The summed E-state index contributed by atoms with van der Waals surface area (Å²) < 4.78 is 1.38. The zero-order valence-electron chi connectivity index (χ0n) is 9.73. The van der Waals surface area contributed by atoms with Gasteiger partial charge in [-0.3, -0.25) is 4.79 Å². The van der Waals surface area contributed by atoms with Gasteiger partial charge in [0.1, 0.15) is 5.82 Å². The molecule has 0 bridgehead atoms. The van der Waals surface area contributed by atoms with Crippen LogP contribution in [0, 0.1) is 6.92 Å². The average Bonchev–Trinajstić information content (AvgIpc) is 2.57. The van der Waals surface area contributed by atoms with Crippen LogP contribution < -0.4 is 11.2 Å². The molecule has 0 saturated heterocycles. The van der Waals surface area contributed by atoms with Gasteiger partial charge in [0, 0.05) is 6.04 Å². The number of aryl methyl sites for hydroxylation is 1. The van der Waals surface area contributed by atoms with E-state index in [0.717, 1.165) is 6.42 Å². The quantitative estimate of drug-likeness (QED) is 0.574. The second kappa shape index (κ2) is 5.74. The lowest BCUT2D eigenvalue weighted by atomic mass is 10.3. The lowest BCUT2D eigenvalue weighted by Gasteiger charge is -2.10. The Bertz CT molecular complexity index is 365. The molecule has 1 atom stereocenters. The molecule has 0 aliphatic heterocycles. The minimum atomic E-state index is -0.0139. The topological polar surface area (TPSA) is 85.8 Å². The summed E-state index contributed by atoms with van der Waals surface area (Å²) >= 11 is 1.28. The third kappa shape index (κ3) is 3.41. The van der Waals surface area contributed by atoms with Gasteiger partial charge in [-0.2, -0.15) is 0 Å². The molecule has 0 aliphatic rings. The van der Waals surface area contributed by atoms with E-state index in [4.69, 9.17) is 5.84 Å². The monoisotopic (exact) mass is 243 g/mol.